The molecule has 0 spiro atoms. The molecule has 0 aromatic heterocycles. The van der Waals surface area contributed by atoms with Crippen molar-refractivity contribution in [3.63, 3.8) is 0 Å². The third-order valence-electron chi connectivity index (χ3n) is 26.5. The lowest BCUT2D eigenvalue weighted by atomic mass is 10.00. The quantitative estimate of drug-likeness (QED) is 0.00884. The molecule has 0 amide bonds. The fraction of sp³-hybridized carbons (Fsp3) is 0.917. The van der Waals surface area contributed by atoms with E-state index in [-0.39, 0.29) is 137 Å². The molecule has 0 aromatic carbocycles. The SMILES string of the molecule is CC(CO)COC(=O)CCCCCCCC(O)C(O)CCCCCCO.CC(CO)COC(=O)CCCCCCCC1OC1CCCCCCO.CC(CO)COC(=O)CCCCCCCCC(O)CCCCCCO.CCCCCC/C=C/CCCCCCCC(=O)OCC(C)CO.CCCCCC/C=C\CCCCCCCC(=O)OCC(C)CO.CCCCCCC1OC1CCCCCCCC(=O)OCC(C)CO. The van der Waals surface area contributed by atoms with Gasteiger partial charge in [0.25, 0.3) is 0 Å². The van der Waals surface area contributed by atoms with Gasteiger partial charge in [-0.05, 0) is 161 Å². The average Bonchev–Trinajstić information content (AvgIpc) is 1.71. The fourth-order valence-corrected chi connectivity index (χ4v) is 16.1. The zero-order valence-corrected chi connectivity index (χ0v) is 95.1. The highest BCUT2D eigenvalue weighted by atomic mass is 16.6. The minimum absolute atomic E-state index is 0.0127. The summed E-state index contributed by atoms with van der Waals surface area (Å²) in [4.78, 5) is 68.9. The molecule has 2 heterocycles. The molecule has 12 N–H and O–H groups in total. The molecule has 26 nitrogen and oxygen atoms in total. The standard InChI is InChI=1S/C20H40O6.C20H38O5.C20H40O5.C20H38O4.2C20H38O3/c1-17(15-22)16-26-20(25)13-9-4-2-3-7-11-18(23)19(24)12-8-5-6-10-14-21;1-17(15-22)16-24-20(23)13-9-4-2-3-7-11-18-19(25-18)12-8-5-6-10-14-21;1-18(16-22)17-25-20(24)14-10-5-3-2-4-8-12-19(23)13-9-6-7-11-15-21;1-3-4-5-9-12-18-19(24-18)13-10-7-6-8-11-14-20(22)23-16-17(2)15-21;2*1-3-4-5-6-7-8-9-10-11-12-13-14-15-16-20(22)23-18-19(2)17-21/h17-19,21-24H,2-16H2,1H3;17-19,21-22H,2-16H2,1H3;18-19,21-23H,2-17H2,1H3;17-19,21H,3-16H2,1-2H3;2*8-9,19,21H,3-7,10-18H2,1-2H3/b;;;;9-8+;9-8-. The first-order chi connectivity index (χ1) is 70.8. The van der Waals surface area contributed by atoms with Gasteiger partial charge in [0.1, 0.15) is 0 Å². The molecule has 2 saturated heterocycles. The van der Waals surface area contributed by atoms with E-state index in [9.17, 15) is 44.1 Å². The topological polar surface area (TPSA) is 426 Å². The predicted octanol–water partition coefficient (Wildman–Crippen LogP) is 25.2. The van der Waals surface area contributed by atoms with E-state index < -0.39 is 12.2 Å². The lowest BCUT2D eigenvalue weighted by Gasteiger charge is -2.17. The Morgan fingerprint density at radius 1 is 0.219 bits per heavy atom. The molecule has 2 aliphatic rings. The van der Waals surface area contributed by atoms with Gasteiger partial charge >= 0.3 is 35.8 Å². The Kier molecular flexibility index (Phi) is 119. The van der Waals surface area contributed by atoms with E-state index >= 15 is 0 Å². The molecule has 13 unspecified atom stereocenters. The van der Waals surface area contributed by atoms with Crippen LogP contribution in [-0.2, 0) is 66.7 Å². The van der Waals surface area contributed by atoms with Gasteiger partial charge in [-0.2, -0.15) is 0 Å². The second-order valence-electron chi connectivity index (χ2n) is 42.5. The number of rotatable bonds is 101. The average molecular weight is 2090 g/mol. The van der Waals surface area contributed by atoms with Crippen LogP contribution in [0.4, 0.5) is 0 Å². The summed E-state index contributed by atoms with van der Waals surface area (Å²) in [6.07, 6.45) is 87.3. The minimum atomic E-state index is -0.656. The molecule has 0 bridgehead atoms. The summed E-state index contributed by atoms with van der Waals surface area (Å²) in [6.45, 7) is 20.9. The van der Waals surface area contributed by atoms with Gasteiger partial charge in [-0.25, -0.2) is 0 Å². The summed E-state index contributed by atoms with van der Waals surface area (Å²) in [5.41, 5.74) is 0. The summed E-state index contributed by atoms with van der Waals surface area (Å²) in [5, 5.41) is 109. The first kappa shape index (κ1) is 148. The second kappa shape index (κ2) is 118. The van der Waals surface area contributed by atoms with Gasteiger partial charge in [-0.1, -0.05) is 356 Å². The summed E-state index contributed by atoms with van der Waals surface area (Å²) < 4.78 is 42.0. The molecule has 2 aliphatic heterocycles. The maximum atomic E-state index is 11.5. The van der Waals surface area contributed by atoms with Crippen molar-refractivity contribution in [3.8, 4) is 0 Å². The molecule has 0 radical (unpaired) electrons. The second-order valence-corrected chi connectivity index (χ2v) is 42.5. The Balaban J connectivity index is -0.000000829. The number of allylic oxidation sites excluding steroid dienone is 4. The number of hydrogen-bond acceptors (Lipinski definition) is 26. The van der Waals surface area contributed by atoms with E-state index in [1.165, 1.54) is 218 Å². The number of hydrogen-bond donors (Lipinski definition) is 12. The number of epoxide rings is 2. The Bertz CT molecular complexity index is 2710. The van der Waals surface area contributed by atoms with Crippen LogP contribution in [0, 0.1) is 35.5 Å². The monoisotopic (exact) mass is 2090 g/mol. The number of aliphatic hydroxyl groups is 12. The Hall–Kier alpha value is -4.26. The molecule has 26 heteroatoms. The number of ether oxygens (including phenoxy) is 8. The van der Waals surface area contributed by atoms with E-state index in [4.69, 9.17) is 83.9 Å². The normalized spacial score (nSPS) is 15.9. The zero-order chi connectivity index (χ0) is 109. The van der Waals surface area contributed by atoms with Crippen LogP contribution >= 0.6 is 0 Å². The van der Waals surface area contributed by atoms with Crippen molar-refractivity contribution >= 4 is 35.8 Å². The molecule has 2 fully saturated rings. The van der Waals surface area contributed by atoms with Crippen molar-refractivity contribution in [3.05, 3.63) is 24.3 Å². The highest BCUT2D eigenvalue weighted by Crippen LogP contribution is 2.34. The van der Waals surface area contributed by atoms with Gasteiger partial charge in [0.15, 0.2) is 0 Å². The van der Waals surface area contributed by atoms with Crippen LogP contribution in [-0.4, -0.2) is 239 Å². The highest BCUT2D eigenvalue weighted by Gasteiger charge is 2.38. The van der Waals surface area contributed by atoms with E-state index in [2.05, 4.69) is 45.1 Å². The van der Waals surface area contributed by atoms with Gasteiger partial charge < -0.3 is 99.2 Å². The molecule has 146 heavy (non-hydrogen) atoms. The zero-order valence-electron chi connectivity index (χ0n) is 95.1. The van der Waals surface area contributed by atoms with Crippen molar-refractivity contribution in [1.29, 1.82) is 0 Å². The van der Waals surface area contributed by atoms with Crippen LogP contribution in [0.2, 0.25) is 0 Å². The van der Waals surface area contributed by atoms with Gasteiger partial charge in [0.2, 0.25) is 0 Å². The molecule has 2 rings (SSSR count). The van der Waals surface area contributed by atoms with Crippen molar-refractivity contribution in [1.82, 2.24) is 0 Å². The number of unbranched alkanes of at least 4 members (excludes halogenated alkanes) is 47. The third kappa shape index (κ3) is 117. The van der Waals surface area contributed by atoms with E-state index in [1.807, 2.05) is 41.5 Å². The minimum Gasteiger partial charge on any atom is -0.465 e. The van der Waals surface area contributed by atoms with Crippen LogP contribution in [0.15, 0.2) is 24.3 Å². The number of aliphatic hydroxyl groups excluding tert-OH is 12. The summed E-state index contributed by atoms with van der Waals surface area (Å²) in [7, 11) is 0. The van der Waals surface area contributed by atoms with Crippen LogP contribution in [0.3, 0.4) is 0 Å². The predicted molar refractivity (Wildman–Crippen MR) is 592 cm³/mol. The smallest absolute Gasteiger partial charge is 0.305 e. The molecule has 0 aromatic rings. The maximum absolute atomic E-state index is 11.5. The number of carbonyl (C=O) groups is 6. The summed E-state index contributed by atoms with van der Waals surface area (Å²) >= 11 is 0. The molecular formula is C120H232O26. The third-order valence-corrected chi connectivity index (χ3v) is 26.5. The van der Waals surface area contributed by atoms with Crippen LogP contribution in [0.5, 0.6) is 0 Å². The summed E-state index contributed by atoms with van der Waals surface area (Å²) in [5.74, 6) is -0.760. The lowest BCUT2D eigenvalue weighted by Crippen LogP contribution is -2.25. The van der Waals surface area contributed by atoms with Crippen molar-refractivity contribution in [2.75, 3.05) is 99.1 Å². The Morgan fingerprint density at radius 3 is 0.582 bits per heavy atom. The fourth-order valence-electron chi connectivity index (χ4n) is 16.1. The molecular weight excluding hydrogens is 1860 g/mol. The first-order valence-electron chi connectivity index (χ1n) is 59.9. The van der Waals surface area contributed by atoms with Crippen LogP contribution < -0.4 is 0 Å². The van der Waals surface area contributed by atoms with Crippen LogP contribution in [0.25, 0.3) is 0 Å². The highest BCUT2D eigenvalue weighted by molar-refractivity contribution is 5.71. The number of carbonyl (C=O) groups excluding carboxylic acids is 6. The van der Waals surface area contributed by atoms with Gasteiger partial charge in [-0.3, -0.25) is 28.8 Å². The van der Waals surface area contributed by atoms with E-state index in [0.717, 1.165) is 199 Å². The Labute approximate surface area is 891 Å². The molecule has 868 valence electrons. The van der Waals surface area contributed by atoms with Gasteiger partial charge in [0.05, 0.1) is 82.4 Å². The van der Waals surface area contributed by atoms with Crippen molar-refractivity contribution < 1.29 is 128 Å². The van der Waals surface area contributed by atoms with Crippen LogP contribution in [0.1, 0.15) is 531 Å². The Morgan fingerprint density at radius 2 is 0.384 bits per heavy atom. The first-order valence-corrected chi connectivity index (χ1v) is 59.9. The largest absolute Gasteiger partial charge is 0.465 e. The number of esters is 6. The van der Waals surface area contributed by atoms with Gasteiger partial charge in [0, 0.05) is 133 Å². The molecule has 0 saturated carbocycles. The van der Waals surface area contributed by atoms with Crippen molar-refractivity contribution in [2.24, 2.45) is 35.5 Å². The van der Waals surface area contributed by atoms with E-state index in [0.29, 0.717) is 115 Å². The summed E-state index contributed by atoms with van der Waals surface area (Å²) in [6, 6.07) is 0. The molecule has 13 atom stereocenters. The van der Waals surface area contributed by atoms with Gasteiger partial charge in [-0.15, -0.1) is 0 Å². The van der Waals surface area contributed by atoms with Crippen molar-refractivity contribution in [2.45, 2.75) is 574 Å². The maximum Gasteiger partial charge on any atom is 0.305 e. The molecule has 0 aliphatic carbocycles. The lowest BCUT2D eigenvalue weighted by molar-refractivity contribution is -0.146. The van der Waals surface area contributed by atoms with E-state index in [1.54, 1.807) is 0 Å².